The van der Waals surface area contributed by atoms with Crippen LogP contribution in [0.15, 0.2) is 59.1 Å². The van der Waals surface area contributed by atoms with Gasteiger partial charge in [-0.15, -0.1) is 0 Å². The molecular formula is C25H25N3O7. The number of carbonyl (C=O) groups is 3. The van der Waals surface area contributed by atoms with Gasteiger partial charge in [-0.3, -0.25) is 4.79 Å². The zero-order chi connectivity index (χ0) is 24.8. The maximum Gasteiger partial charge on any atom is 0.407 e. The Bertz CT molecular complexity index is 1180. The molecule has 0 saturated carbocycles. The highest BCUT2D eigenvalue weighted by Crippen LogP contribution is 2.44. The summed E-state index contributed by atoms with van der Waals surface area (Å²) in [6.45, 7) is 0.245. The van der Waals surface area contributed by atoms with Crippen LogP contribution in [0, 0.1) is 0 Å². The minimum absolute atomic E-state index is 0.0185. The van der Waals surface area contributed by atoms with Crippen molar-refractivity contribution >= 4 is 18.0 Å². The second kappa shape index (κ2) is 10.8. The van der Waals surface area contributed by atoms with Gasteiger partial charge in [0.05, 0.1) is 19.1 Å². The topological polar surface area (TPSA) is 140 Å². The van der Waals surface area contributed by atoms with Crippen LogP contribution in [0.2, 0.25) is 0 Å². The number of hydrogen-bond acceptors (Lipinski definition) is 7. The third-order valence-electron chi connectivity index (χ3n) is 5.80. The molecular weight excluding hydrogens is 454 g/mol. The monoisotopic (exact) mass is 479 g/mol. The number of carbonyl (C=O) groups excluding carboxylic acids is 2. The molecule has 2 aromatic carbocycles. The fraction of sp³-hybridized carbons (Fsp3) is 0.280. The highest BCUT2D eigenvalue weighted by atomic mass is 16.5. The highest BCUT2D eigenvalue weighted by molar-refractivity contribution is 5.85. The lowest BCUT2D eigenvalue weighted by atomic mass is 9.98. The van der Waals surface area contributed by atoms with Crippen LogP contribution in [-0.4, -0.2) is 54.6 Å². The first kappa shape index (κ1) is 24.0. The molecule has 0 radical (unpaired) electrons. The summed E-state index contributed by atoms with van der Waals surface area (Å²) in [5.41, 5.74) is 4.29. The maximum absolute atomic E-state index is 12.3. The van der Waals surface area contributed by atoms with Crippen molar-refractivity contribution in [3.63, 3.8) is 0 Å². The zero-order valence-electron chi connectivity index (χ0n) is 19.0. The van der Waals surface area contributed by atoms with Crippen LogP contribution in [-0.2, 0) is 20.8 Å². The average Bonchev–Trinajstić information content (AvgIpc) is 3.47. The maximum atomic E-state index is 12.3. The lowest BCUT2D eigenvalue weighted by Crippen LogP contribution is -2.37. The number of alkyl carbamates (subject to hydrolysis) is 1. The standard InChI is InChI=1S/C25H25N3O7/c1-33-15(11-23(29)26-13-16-10-22(24(30)31)28-35-16)12-27-25(32)34-14-21-19-8-4-2-6-17(19)18-7-3-5-9-20(18)21/h2-10,15,21H,11-14H2,1H3,(H,26,29)(H,27,32)(H,30,31). The van der Waals surface area contributed by atoms with Gasteiger partial charge in [-0.05, 0) is 22.3 Å². The number of carboxylic acid groups (broad SMARTS) is 1. The highest BCUT2D eigenvalue weighted by Gasteiger charge is 2.29. The average molecular weight is 479 g/mol. The Labute approximate surface area is 201 Å². The first-order valence-corrected chi connectivity index (χ1v) is 11.0. The summed E-state index contributed by atoms with van der Waals surface area (Å²) in [5, 5.41) is 17.5. The smallest absolute Gasteiger partial charge is 0.407 e. The van der Waals surface area contributed by atoms with E-state index in [2.05, 4.69) is 27.9 Å². The molecule has 1 aromatic heterocycles. The van der Waals surface area contributed by atoms with Gasteiger partial charge in [0.2, 0.25) is 5.91 Å². The van der Waals surface area contributed by atoms with Gasteiger partial charge in [-0.2, -0.15) is 0 Å². The van der Waals surface area contributed by atoms with E-state index in [4.69, 9.17) is 19.1 Å². The molecule has 4 rings (SSSR count). The van der Waals surface area contributed by atoms with Crippen LogP contribution < -0.4 is 10.6 Å². The molecule has 10 nitrogen and oxygen atoms in total. The number of aromatic nitrogens is 1. The molecule has 1 atom stereocenters. The van der Waals surface area contributed by atoms with Crippen LogP contribution in [0.1, 0.15) is 39.7 Å². The van der Waals surface area contributed by atoms with E-state index in [9.17, 15) is 14.4 Å². The molecule has 0 saturated heterocycles. The molecule has 0 bridgehead atoms. The van der Waals surface area contributed by atoms with E-state index in [0.29, 0.717) is 0 Å². The number of fused-ring (bicyclic) bond motifs is 3. The number of aromatic carboxylic acids is 1. The number of rotatable bonds is 10. The number of hydrogen-bond donors (Lipinski definition) is 3. The third-order valence-corrected chi connectivity index (χ3v) is 5.80. The lowest BCUT2D eigenvalue weighted by Gasteiger charge is -2.17. The minimum Gasteiger partial charge on any atom is -0.476 e. The fourth-order valence-electron chi connectivity index (χ4n) is 4.05. The number of ether oxygens (including phenoxy) is 2. The van der Waals surface area contributed by atoms with Crippen LogP contribution >= 0.6 is 0 Å². The Morgan fingerprint density at radius 2 is 1.71 bits per heavy atom. The van der Waals surface area contributed by atoms with Crippen molar-refractivity contribution in [3.05, 3.63) is 77.2 Å². The van der Waals surface area contributed by atoms with E-state index in [1.807, 2.05) is 36.4 Å². The number of methoxy groups -OCH3 is 1. The van der Waals surface area contributed by atoms with Gasteiger partial charge in [0.25, 0.3) is 0 Å². The molecule has 2 amide bonds. The molecule has 3 aromatic rings. The van der Waals surface area contributed by atoms with Crippen LogP contribution in [0.4, 0.5) is 4.79 Å². The molecule has 3 N–H and O–H groups in total. The van der Waals surface area contributed by atoms with Gasteiger partial charge in [0.1, 0.15) is 6.61 Å². The van der Waals surface area contributed by atoms with E-state index < -0.39 is 18.2 Å². The van der Waals surface area contributed by atoms with E-state index in [0.717, 1.165) is 22.3 Å². The molecule has 0 fully saturated rings. The third kappa shape index (κ3) is 5.67. The number of carboxylic acids is 1. The molecule has 1 aliphatic rings. The van der Waals surface area contributed by atoms with Crippen molar-refractivity contribution in [2.24, 2.45) is 0 Å². The van der Waals surface area contributed by atoms with Crippen molar-refractivity contribution in [2.75, 3.05) is 20.3 Å². The Kier molecular flexibility index (Phi) is 7.41. The van der Waals surface area contributed by atoms with Gasteiger partial charge in [0.15, 0.2) is 11.5 Å². The van der Waals surface area contributed by atoms with Crippen LogP contribution in [0.3, 0.4) is 0 Å². The number of benzene rings is 2. The van der Waals surface area contributed by atoms with E-state index in [1.54, 1.807) is 0 Å². The first-order valence-electron chi connectivity index (χ1n) is 11.0. The second-order valence-electron chi connectivity index (χ2n) is 8.03. The number of nitrogens with zero attached hydrogens (tertiary/aromatic N) is 1. The van der Waals surface area contributed by atoms with Gasteiger partial charge >= 0.3 is 12.1 Å². The Balaban J connectivity index is 1.23. The zero-order valence-corrected chi connectivity index (χ0v) is 19.0. The molecule has 0 spiro atoms. The van der Waals surface area contributed by atoms with Crippen molar-refractivity contribution in [2.45, 2.75) is 25.0 Å². The summed E-state index contributed by atoms with van der Waals surface area (Å²) in [6.07, 6.45) is -1.21. The summed E-state index contributed by atoms with van der Waals surface area (Å²) >= 11 is 0. The number of amides is 2. The van der Waals surface area contributed by atoms with Gasteiger partial charge < -0.3 is 29.7 Å². The molecule has 10 heteroatoms. The van der Waals surface area contributed by atoms with Crippen molar-refractivity contribution in [3.8, 4) is 11.1 Å². The Morgan fingerprint density at radius 1 is 1.06 bits per heavy atom. The van der Waals surface area contributed by atoms with E-state index in [-0.39, 0.29) is 49.4 Å². The van der Waals surface area contributed by atoms with E-state index >= 15 is 0 Å². The summed E-state index contributed by atoms with van der Waals surface area (Å²) in [7, 11) is 1.44. The van der Waals surface area contributed by atoms with Crippen LogP contribution in [0.5, 0.6) is 0 Å². The normalized spacial score (nSPS) is 12.9. The van der Waals surface area contributed by atoms with Crippen molar-refractivity contribution in [1.29, 1.82) is 0 Å². The molecule has 182 valence electrons. The van der Waals surface area contributed by atoms with Crippen molar-refractivity contribution < 1.29 is 33.5 Å². The quantitative estimate of drug-likeness (QED) is 0.403. The summed E-state index contributed by atoms with van der Waals surface area (Å²) in [6, 6.07) is 17.4. The SMILES string of the molecule is COC(CNC(=O)OCC1c2ccccc2-c2ccccc21)CC(=O)NCc1cc(C(=O)O)no1. The van der Waals surface area contributed by atoms with Gasteiger partial charge in [0, 0.05) is 25.6 Å². The summed E-state index contributed by atoms with van der Waals surface area (Å²) < 4.78 is 15.6. The first-order chi connectivity index (χ1) is 17.0. The fourth-order valence-corrected chi connectivity index (χ4v) is 4.05. The summed E-state index contributed by atoms with van der Waals surface area (Å²) in [5.74, 6) is -1.42. The molecule has 0 aliphatic heterocycles. The second-order valence-corrected chi connectivity index (χ2v) is 8.03. The van der Waals surface area contributed by atoms with Gasteiger partial charge in [-0.1, -0.05) is 53.7 Å². The van der Waals surface area contributed by atoms with Crippen molar-refractivity contribution in [1.82, 2.24) is 15.8 Å². The molecule has 35 heavy (non-hydrogen) atoms. The largest absolute Gasteiger partial charge is 0.476 e. The number of nitrogens with one attached hydrogen (secondary N) is 2. The Hall–Kier alpha value is -4.18. The Morgan fingerprint density at radius 3 is 2.31 bits per heavy atom. The predicted molar refractivity (Wildman–Crippen MR) is 124 cm³/mol. The van der Waals surface area contributed by atoms with E-state index in [1.165, 1.54) is 13.2 Å². The molecule has 1 unspecified atom stereocenters. The molecule has 1 aliphatic carbocycles. The molecule has 1 heterocycles. The van der Waals surface area contributed by atoms with Crippen LogP contribution in [0.25, 0.3) is 11.1 Å². The predicted octanol–water partition coefficient (Wildman–Crippen LogP) is 2.93. The summed E-state index contributed by atoms with van der Waals surface area (Å²) in [4.78, 5) is 35.4. The lowest BCUT2D eigenvalue weighted by molar-refractivity contribution is -0.123. The van der Waals surface area contributed by atoms with Gasteiger partial charge in [-0.25, -0.2) is 9.59 Å². The minimum atomic E-state index is -1.22.